The van der Waals surface area contributed by atoms with Gasteiger partial charge in [0.15, 0.2) is 11.6 Å². The van der Waals surface area contributed by atoms with E-state index in [9.17, 15) is 43.1 Å². The van der Waals surface area contributed by atoms with Gasteiger partial charge in [0.2, 0.25) is 17.7 Å². The molecule has 1 saturated heterocycles. The number of aromatic amines is 1. The fraction of sp³-hybridized carbons (Fsp3) is 0.651. The molecule has 0 saturated carbocycles. The van der Waals surface area contributed by atoms with E-state index < -0.39 is 85.6 Å². The number of unbranched alkanes of at least 4 members (excludes halogenated alkanes) is 1. The van der Waals surface area contributed by atoms with Crippen molar-refractivity contribution in [3.05, 3.63) is 54.1 Å². The first-order valence-corrected chi connectivity index (χ1v) is 22.8. The Bertz CT molecular complexity index is 1770. The number of aryl methyl sites for hydroxylation is 1. The maximum atomic E-state index is 14.2. The molecule has 19 heteroatoms. The number of phosphoric ester groups is 1. The fourth-order valence-corrected chi connectivity index (χ4v) is 7.95. The van der Waals surface area contributed by atoms with Crippen LogP contribution in [0.1, 0.15) is 90.8 Å². The number of carbonyl (C=O) groups is 6. The van der Waals surface area contributed by atoms with E-state index in [1.807, 2.05) is 32.0 Å². The van der Waals surface area contributed by atoms with Crippen LogP contribution >= 0.6 is 7.82 Å². The van der Waals surface area contributed by atoms with Crippen LogP contribution in [-0.4, -0.2) is 130 Å². The zero-order valence-electron chi connectivity index (χ0n) is 36.8. The van der Waals surface area contributed by atoms with Crippen LogP contribution in [0.15, 0.2) is 42.9 Å². The molecule has 1 aliphatic rings. The van der Waals surface area contributed by atoms with Gasteiger partial charge >= 0.3 is 7.82 Å². The number of rotatable bonds is 30. The van der Waals surface area contributed by atoms with Crippen LogP contribution in [0.2, 0.25) is 0 Å². The van der Waals surface area contributed by atoms with E-state index in [0.717, 1.165) is 19.3 Å². The second-order valence-electron chi connectivity index (χ2n) is 16.3. The van der Waals surface area contributed by atoms with Crippen LogP contribution in [0.25, 0.3) is 0 Å². The van der Waals surface area contributed by atoms with Crippen molar-refractivity contribution in [2.24, 2.45) is 17.8 Å². The Morgan fingerprint density at radius 2 is 1.68 bits per heavy atom. The van der Waals surface area contributed by atoms with Gasteiger partial charge in [-0.15, -0.1) is 0 Å². The Labute approximate surface area is 364 Å². The number of benzene rings is 1. The summed E-state index contributed by atoms with van der Waals surface area (Å²) in [6, 6.07) is 7.06. The number of ketones is 3. The summed E-state index contributed by atoms with van der Waals surface area (Å²) in [6.07, 6.45) is 3.59. The van der Waals surface area contributed by atoms with E-state index in [2.05, 4.69) is 37.3 Å². The SMILES string of the molecule is COCCOCCC(=O)N1C[C@@H](OCCCCc2ccccc2)C[C@H]1C(=O)N[C@@H](CC(C)C)C(=O)C[C@@H](Cc1cnc[nH]1)C(=O)N[C@@H](C)C(=O)C[C@H](C(C)=O)[C@@H](C)OP(=O)(O)O. The largest absolute Gasteiger partial charge is 0.469 e. The zero-order valence-corrected chi connectivity index (χ0v) is 37.7. The Kier molecular flexibility index (Phi) is 22.3. The van der Waals surface area contributed by atoms with Crippen LogP contribution in [-0.2, 0) is 64.9 Å². The monoisotopic (exact) mass is 891 g/mol. The minimum Gasteiger partial charge on any atom is -0.382 e. The number of phosphoric acid groups is 1. The van der Waals surface area contributed by atoms with Crippen molar-refractivity contribution in [3.8, 4) is 0 Å². The number of ether oxygens (including phenoxy) is 3. The van der Waals surface area contributed by atoms with Crippen molar-refractivity contribution in [2.45, 2.75) is 123 Å². The molecule has 3 amide bonds. The third-order valence-corrected chi connectivity index (χ3v) is 11.3. The van der Waals surface area contributed by atoms with Crippen LogP contribution < -0.4 is 10.6 Å². The molecule has 1 aliphatic heterocycles. The molecule has 62 heavy (non-hydrogen) atoms. The van der Waals surface area contributed by atoms with E-state index in [0.29, 0.717) is 25.5 Å². The molecule has 5 N–H and O–H groups in total. The van der Waals surface area contributed by atoms with E-state index >= 15 is 0 Å². The highest BCUT2D eigenvalue weighted by Gasteiger charge is 2.41. The van der Waals surface area contributed by atoms with Gasteiger partial charge in [-0.05, 0) is 57.9 Å². The highest BCUT2D eigenvalue weighted by atomic mass is 31.2. The summed E-state index contributed by atoms with van der Waals surface area (Å²) in [6.45, 7) is 9.10. The van der Waals surface area contributed by atoms with Crippen LogP contribution in [0.3, 0.4) is 0 Å². The first-order chi connectivity index (χ1) is 29.4. The van der Waals surface area contributed by atoms with Crippen molar-refractivity contribution < 1.29 is 61.9 Å². The second kappa shape index (κ2) is 26.5. The quantitative estimate of drug-likeness (QED) is 0.0558. The van der Waals surface area contributed by atoms with Crippen LogP contribution in [0, 0.1) is 17.8 Å². The average molecular weight is 892 g/mol. The average Bonchev–Trinajstić information content (AvgIpc) is 3.89. The lowest BCUT2D eigenvalue weighted by Crippen LogP contribution is -2.52. The van der Waals surface area contributed by atoms with Crippen molar-refractivity contribution in [1.29, 1.82) is 0 Å². The number of nitrogens with one attached hydrogen (secondary N) is 3. The molecule has 1 fully saturated rings. The Morgan fingerprint density at radius 1 is 0.952 bits per heavy atom. The van der Waals surface area contributed by atoms with E-state index in [4.69, 9.17) is 14.2 Å². The van der Waals surface area contributed by atoms with Crippen LogP contribution in [0.4, 0.5) is 0 Å². The summed E-state index contributed by atoms with van der Waals surface area (Å²) >= 11 is 0. The highest BCUT2D eigenvalue weighted by Crippen LogP contribution is 2.39. The maximum Gasteiger partial charge on any atom is 0.469 e. The number of H-pyrrole nitrogens is 1. The van der Waals surface area contributed by atoms with Gasteiger partial charge in [0.05, 0.1) is 68.7 Å². The number of carbonyl (C=O) groups excluding carboxylic acids is 6. The van der Waals surface area contributed by atoms with Gasteiger partial charge < -0.3 is 44.5 Å². The second-order valence-corrected chi connectivity index (χ2v) is 17.5. The third kappa shape index (κ3) is 18.7. The van der Waals surface area contributed by atoms with Crippen molar-refractivity contribution in [1.82, 2.24) is 25.5 Å². The molecule has 346 valence electrons. The lowest BCUT2D eigenvalue weighted by atomic mass is 9.89. The first-order valence-electron chi connectivity index (χ1n) is 21.3. The predicted octanol–water partition coefficient (Wildman–Crippen LogP) is 3.29. The molecule has 0 unspecified atom stereocenters. The molecule has 7 atom stereocenters. The summed E-state index contributed by atoms with van der Waals surface area (Å²) in [5.74, 6) is -5.27. The van der Waals surface area contributed by atoms with Crippen molar-refractivity contribution in [3.63, 3.8) is 0 Å². The number of imidazole rings is 1. The van der Waals surface area contributed by atoms with Gasteiger partial charge in [0.25, 0.3) is 0 Å². The summed E-state index contributed by atoms with van der Waals surface area (Å²) < 4.78 is 32.8. The Hall–Kier alpha value is -4.16. The van der Waals surface area contributed by atoms with Crippen LogP contribution in [0.5, 0.6) is 0 Å². The van der Waals surface area contributed by atoms with E-state index in [1.54, 1.807) is 7.11 Å². The summed E-state index contributed by atoms with van der Waals surface area (Å²) in [5.41, 5.74) is 1.78. The zero-order chi connectivity index (χ0) is 45.8. The minimum atomic E-state index is -4.96. The highest BCUT2D eigenvalue weighted by molar-refractivity contribution is 7.46. The van der Waals surface area contributed by atoms with Gasteiger partial charge in [-0.1, -0.05) is 44.2 Å². The molecule has 0 spiro atoms. The van der Waals surface area contributed by atoms with E-state index in [1.165, 1.54) is 43.8 Å². The summed E-state index contributed by atoms with van der Waals surface area (Å²) in [5, 5.41) is 5.54. The molecule has 2 heterocycles. The molecule has 0 aliphatic carbocycles. The minimum absolute atomic E-state index is 0.0335. The van der Waals surface area contributed by atoms with Gasteiger partial charge in [-0.2, -0.15) is 0 Å². The number of methoxy groups -OCH3 is 1. The molecular weight excluding hydrogens is 825 g/mol. The molecule has 2 aromatic rings. The number of likely N-dealkylation sites (tertiary alicyclic amines) is 1. The Balaban J connectivity index is 1.73. The number of aromatic nitrogens is 2. The molecule has 1 aromatic carbocycles. The first kappa shape index (κ1) is 52.2. The number of nitrogens with zero attached hydrogens (tertiary/aromatic N) is 2. The molecule has 1 aromatic heterocycles. The lowest BCUT2D eigenvalue weighted by molar-refractivity contribution is -0.140. The standard InChI is InChI=1S/C43H66N5O13P/c1-28(2)20-37(40(51)22-33(21-34-25-44-27-45-34)42(53)46-29(3)39(50)24-36(30(4)49)31(5)61-62(55,56)57)47-43(54)38-23-35(26-48(38)41(52)15-17-59-19-18-58-6)60-16-11-10-14-32-12-8-7-9-13-32/h7-9,12-13,25,27-29,31,33,35-38H,10-11,14-24,26H2,1-6H3,(H,44,45)(H,46,53)(H,47,54)(H2,55,56,57)/t29-,31+,33+,35-,36+,37-,38-/m0/s1. The number of Topliss-reactive ketones (excluding diaryl/α,β-unsaturated/α-hetero) is 3. The van der Waals surface area contributed by atoms with E-state index in [-0.39, 0.29) is 57.1 Å². The smallest absolute Gasteiger partial charge is 0.382 e. The molecule has 0 bridgehead atoms. The lowest BCUT2D eigenvalue weighted by Gasteiger charge is -2.28. The third-order valence-electron chi connectivity index (χ3n) is 10.7. The number of hydrogen-bond donors (Lipinski definition) is 5. The predicted molar refractivity (Wildman–Crippen MR) is 227 cm³/mol. The number of amides is 3. The fourth-order valence-electron chi connectivity index (χ4n) is 7.37. The van der Waals surface area contributed by atoms with Gasteiger partial charge in [0.1, 0.15) is 11.8 Å². The van der Waals surface area contributed by atoms with Gasteiger partial charge in [-0.3, -0.25) is 33.3 Å². The van der Waals surface area contributed by atoms with Crippen molar-refractivity contribution >= 4 is 42.9 Å². The summed E-state index contributed by atoms with van der Waals surface area (Å²) in [4.78, 5) is 108. The maximum absolute atomic E-state index is 14.2. The Morgan fingerprint density at radius 3 is 2.31 bits per heavy atom. The number of hydrogen-bond acceptors (Lipinski definition) is 12. The molecule has 3 rings (SSSR count). The normalized spacial score (nSPS) is 17.9. The van der Waals surface area contributed by atoms with Gasteiger partial charge in [-0.25, -0.2) is 9.55 Å². The van der Waals surface area contributed by atoms with Crippen molar-refractivity contribution in [2.75, 3.05) is 40.1 Å². The van der Waals surface area contributed by atoms with Gasteiger partial charge in [0, 0.05) is 57.8 Å². The summed E-state index contributed by atoms with van der Waals surface area (Å²) in [7, 11) is -3.41. The molecular formula is C43H66N5O13P. The molecule has 0 radical (unpaired) electrons. The topological polar surface area (TPSA) is 253 Å². The molecule has 18 nitrogen and oxygen atoms in total.